The van der Waals surface area contributed by atoms with E-state index in [1.54, 1.807) is 7.11 Å². The van der Waals surface area contributed by atoms with E-state index < -0.39 is 0 Å². The van der Waals surface area contributed by atoms with Crippen LogP contribution in [-0.2, 0) is 4.74 Å². The fourth-order valence-corrected chi connectivity index (χ4v) is 1.78. The molecule has 0 heterocycles. The van der Waals surface area contributed by atoms with Gasteiger partial charge in [-0.25, -0.2) is 10.8 Å². The number of anilines is 1. The number of para-hydroxylation sites is 1. The van der Waals surface area contributed by atoms with E-state index in [0.29, 0.717) is 18.1 Å². The largest absolute Gasteiger partial charge is 0.381 e. The van der Waals surface area contributed by atoms with Gasteiger partial charge in [0.1, 0.15) is 0 Å². The summed E-state index contributed by atoms with van der Waals surface area (Å²) in [6.07, 6.45) is 2.26. The van der Waals surface area contributed by atoms with Crippen LogP contribution < -0.4 is 16.6 Å². The number of hydrazine groups is 1. The van der Waals surface area contributed by atoms with Gasteiger partial charge < -0.3 is 10.1 Å². The molecule has 0 saturated heterocycles. The third kappa shape index (κ3) is 3.18. The molecule has 17 heavy (non-hydrogen) atoms. The van der Waals surface area contributed by atoms with Crippen LogP contribution >= 0.6 is 0 Å². The molecule has 2 rings (SSSR count). The first kappa shape index (κ1) is 11.9. The van der Waals surface area contributed by atoms with Gasteiger partial charge in [-0.3, -0.25) is 5.43 Å². The lowest BCUT2D eigenvalue weighted by Gasteiger charge is -2.31. The Balaban J connectivity index is 1.91. The molecule has 1 fully saturated rings. The molecule has 1 saturated carbocycles. The maximum atomic E-state index is 5.44. The number of hydrogen-bond acceptors (Lipinski definition) is 3. The van der Waals surface area contributed by atoms with Crippen LogP contribution in [0.2, 0.25) is 0 Å². The molecule has 0 aliphatic heterocycles. The van der Waals surface area contributed by atoms with Crippen LogP contribution in [-0.4, -0.2) is 25.2 Å². The molecular weight excluding hydrogens is 216 g/mol. The average molecular weight is 234 g/mol. The second-order valence-corrected chi connectivity index (χ2v) is 4.10. The minimum atomic E-state index is 0.294. The van der Waals surface area contributed by atoms with Crippen molar-refractivity contribution in [1.29, 1.82) is 0 Å². The Morgan fingerprint density at radius 2 is 2.06 bits per heavy atom. The number of rotatable bonds is 3. The van der Waals surface area contributed by atoms with Crippen molar-refractivity contribution in [3.8, 4) is 0 Å². The van der Waals surface area contributed by atoms with Gasteiger partial charge in [0.25, 0.3) is 0 Å². The fraction of sp³-hybridized carbons (Fsp3) is 0.417. The van der Waals surface area contributed by atoms with Gasteiger partial charge in [0.2, 0.25) is 5.96 Å². The molecule has 1 aliphatic carbocycles. The molecule has 0 spiro atoms. The van der Waals surface area contributed by atoms with Crippen LogP contribution in [0.3, 0.4) is 0 Å². The molecule has 1 aromatic rings. The monoisotopic (exact) mass is 234 g/mol. The number of guanidine groups is 1. The van der Waals surface area contributed by atoms with Gasteiger partial charge in [-0.2, -0.15) is 0 Å². The van der Waals surface area contributed by atoms with Crippen LogP contribution in [0, 0.1) is 0 Å². The van der Waals surface area contributed by atoms with E-state index in [9.17, 15) is 0 Å². The lowest BCUT2D eigenvalue weighted by atomic mass is 9.90. The first-order chi connectivity index (χ1) is 8.31. The lowest BCUT2D eigenvalue weighted by molar-refractivity contribution is 0.0284. The molecule has 4 N–H and O–H groups in total. The maximum Gasteiger partial charge on any atom is 0.210 e. The molecule has 1 aromatic carbocycles. The van der Waals surface area contributed by atoms with E-state index in [0.717, 1.165) is 18.5 Å². The SMILES string of the molecule is COC1CC(N=C(NN)Nc2ccccc2)C1. The minimum Gasteiger partial charge on any atom is -0.381 e. The van der Waals surface area contributed by atoms with E-state index in [2.05, 4.69) is 15.7 Å². The number of aliphatic imine (C=N–C) groups is 1. The zero-order valence-corrected chi connectivity index (χ0v) is 9.89. The standard InChI is InChI=1S/C12H18N4O/c1-17-11-7-10(8-11)15-12(16-13)14-9-5-3-2-4-6-9/h2-6,10-11H,7-8,13H2,1H3,(H2,14,15,16). The summed E-state index contributed by atoms with van der Waals surface area (Å²) in [6, 6.07) is 10.1. The van der Waals surface area contributed by atoms with E-state index in [-0.39, 0.29) is 0 Å². The highest BCUT2D eigenvalue weighted by molar-refractivity contribution is 5.93. The summed E-state index contributed by atoms with van der Waals surface area (Å²) >= 11 is 0. The Morgan fingerprint density at radius 1 is 1.35 bits per heavy atom. The zero-order valence-electron chi connectivity index (χ0n) is 9.89. The van der Waals surface area contributed by atoms with E-state index in [1.165, 1.54) is 0 Å². The van der Waals surface area contributed by atoms with Crippen LogP contribution in [0.4, 0.5) is 5.69 Å². The summed E-state index contributed by atoms with van der Waals surface area (Å²) in [4.78, 5) is 4.48. The van der Waals surface area contributed by atoms with Crippen molar-refractivity contribution in [2.45, 2.75) is 25.0 Å². The molecule has 0 amide bonds. The molecule has 92 valence electrons. The molecule has 0 bridgehead atoms. The van der Waals surface area contributed by atoms with Crippen LogP contribution in [0.5, 0.6) is 0 Å². The molecule has 0 radical (unpaired) electrons. The van der Waals surface area contributed by atoms with Crippen LogP contribution in [0.1, 0.15) is 12.8 Å². The van der Waals surface area contributed by atoms with Gasteiger partial charge in [0, 0.05) is 12.8 Å². The summed E-state index contributed by atoms with van der Waals surface area (Å²) in [5, 5.41) is 3.13. The summed E-state index contributed by atoms with van der Waals surface area (Å²) in [5.74, 6) is 6.03. The molecular formula is C12H18N4O. The number of nitrogens with one attached hydrogen (secondary N) is 2. The average Bonchev–Trinajstić information content (AvgIpc) is 2.33. The Labute approximate surface area is 101 Å². The number of benzene rings is 1. The predicted molar refractivity (Wildman–Crippen MR) is 68.6 cm³/mol. The molecule has 5 nitrogen and oxygen atoms in total. The summed E-state index contributed by atoms with van der Waals surface area (Å²) in [5.41, 5.74) is 3.55. The summed E-state index contributed by atoms with van der Waals surface area (Å²) in [6.45, 7) is 0. The zero-order chi connectivity index (χ0) is 12.1. The van der Waals surface area contributed by atoms with Gasteiger partial charge >= 0.3 is 0 Å². The van der Waals surface area contributed by atoms with E-state index in [1.807, 2.05) is 30.3 Å². The third-order valence-corrected chi connectivity index (χ3v) is 2.89. The van der Waals surface area contributed by atoms with Crippen molar-refractivity contribution in [3.05, 3.63) is 30.3 Å². The summed E-state index contributed by atoms with van der Waals surface area (Å²) in [7, 11) is 1.73. The number of ether oxygens (including phenoxy) is 1. The normalized spacial score (nSPS) is 24.0. The Bertz CT molecular complexity index is 373. The van der Waals surface area contributed by atoms with Gasteiger partial charge in [0.15, 0.2) is 0 Å². The second-order valence-electron chi connectivity index (χ2n) is 4.10. The van der Waals surface area contributed by atoms with Crippen molar-refractivity contribution in [2.75, 3.05) is 12.4 Å². The number of methoxy groups -OCH3 is 1. The van der Waals surface area contributed by atoms with E-state index >= 15 is 0 Å². The van der Waals surface area contributed by atoms with Gasteiger partial charge in [-0.05, 0) is 25.0 Å². The molecule has 0 aromatic heterocycles. The van der Waals surface area contributed by atoms with Gasteiger partial charge in [0.05, 0.1) is 12.1 Å². The number of nitrogens with zero attached hydrogens (tertiary/aromatic N) is 1. The van der Waals surface area contributed by atoms with Gasteiger partial charge in [-0.1, -0.05) is 18.2 Å². The fourth-order valence-electron chi connectivity index (χ4n) is 1.78. The topological polar surface area (TPSA) is 71.7 Å². The summed E-state index contributed by atoms with van der Waals surface area (Å²) < 4.78 is 5.21. The lowest BCUT2D eigenvalue weighted by Crippen LogP contribution is -2.41. The van der Waals surface area contributed by atoms with Crippen molar-refractivity contribution in [1.82, 2.24) is 5.43 Å². The smallest absolute Gasteiger partial charge is 0.210 e. The van der Waals surface area contributed by atoms with E-state index in [4.69, 9.17) is 10.6 Å². The number of nitrogens with two attached hydrogens (primary N) is 1. The van der Waals surface area contributed by atoms with Crippen molar-refractivity contribution >= 4 is 11.6 Å². The van der Waals surface area contributed by atoms with Crippen molar-refractivity contribution in [2.24, 2.45) is 10.8 Å². The Kier molecular flexibility index (Phi) is 3.95. The molecule has 0 atom stereocenters. The quantitative estimate of drug-likeness (QED) is 0.317. The Morgan fingerprint density at radius 3 is 2.65 bits per heavy atom. The highest BCUT2D eigenvalue weighted by Gasteiger charge is 2.28. The molecule has 0 unspecified atom stereocenters. The first-order valence-electron chi connectivity index (χ1n) is 5.71. The van der Waals surface area contributed by atoms with Crippen LogP contribution in [0.25, 0.3) is 0 Å². The maximum absolute atomic E-state index is 5.44. The highest BCUT2D eigenvalue weighted by Crippen LogP contribution is 2.25. The van der Waals surface area contributed by atoms with Crippen molar-refractivity contribution in [3.63, 3.8) is 0 Å². The third-order valence-electron chi connectivity index (χ3n) is 2.89. The van der Waals surface area contributed by atoms with Gasteiger partial charge in [-0.15, -0.1) is 0 Å². The first-order valence-corrected chi connectivity index (χ1v) is 5.71. The van der Waals surface area contributed by atoms with Crippen LogP contribution in [0.15, 0.2) is 35.3 Å². The molecule has 1 aliphatic rings. The minimum absolute atomic E-state index is 0.294. The second kappa shape index (κ2) is 5.65. The number of hydrogen-bond donors (Lipinski definition) is 3. The molecule has 5 heteroatoms. The Hall–Kier alpha value is -1.59. The predicted octanol–water partition coefficient (Wildman–Crippen LogP) is 1.10. The van der Waals surface area contributed by atoms with Crippen molar-refractivity contribution < 1.29 is 4.74 Å². The highest BCUT2D eigenvalue weighted by atomic mass is 16.5.